The number of ketones is 1. The van der Waals surface area contributed by atoms with Crippen LogP contribution in [-0.4, -0.2) is 40.9 Å². The number of benzene rings is 2. The molecule has 0 fully saturated rings. The molecule has 0 aliphatic carbocycles. The smallest absolute Gasteiger partial charge is 0.208 e. The third kappa shape index (κ3) is 5.29. The number of methoxy groups -OCH3 is 2. The van der Waals surface area contributed by atoms with Gasteiger partial charge in [0.2, 0.25) is 5.16 Å². The first-order chi connectivity index (χ1) is 14.0. The van der Waals surface area contributed by atoms with Gasteiger partial charge in [0.05, 0.1) is 25.5 Å². The summed E-state index contributed by atoms with van der Waals surface area (Å²) < 4.78 is 16.3. The van der Waals surface area contributed by atoms with E-state index in [2.05, 4.69) is 15.2 Å². The molecular weight excluding hydrogens is 390 g/mol. The lowest BCUT2D eigenvalue weighted by molar-refractivity contribution is 0.101. The van der Waals surface area contributed by atoms with E-state index in [1.165, 1.54) is 18.9 Å². The van der Waals surface area contributed by atoms with Crippen molar-refractivity contribution in [3.05, 3.63) is 58.9 Å². The van der Waals surface area contributed by atoms with Gasteiger partial charge < -0.3 is 14.2 Å². The number of aromatic nitrogens is 3. The number of hydrogen-bond donors (Lipinski definition) is 1. The number of hydrogen-bond acceptors (Lipinski definition) is 7. The van der Waals surface area contributed by atoms with Gasteiger partial charge in [0.25, 0.3) is 0 Å². The molecule has 0 aliphatic heterocycles. The molecule has 0 amide bonds. The predicted octanol–water partition coefficient (Wildman–Crippen LogP) is 3.99. The molecule has 0 aliphatic rings. The van der Waals surface area contributed by atoms with Crippen molar-refractivity contribution in [2.24, 2.45) is 0 Å². The van der Waals surface area contributed by atoms with E-state index in [1.54, 1.807) is 25.3 Å². The highest BCUT2D eigenvalue weighted by molar-refractivity contribution is 7.99. The SMILES string of the molecule is COc1ccc(C(=O)CSc2n[nH]c(COc3cc(C)ccc3C)n2)c(OC)c1. The fourth-order valence-electron chi connectivity index (χ4n) is 2.65. The Balaban J connectivity index is 1.58. The highest BCUT2D eigenvalue weighted by atomic mass is 32.2. The Kier molecular flexibility index (Phi) is 6.77. The van der Waals surface area contributed by atoms with Crippen LogP contribution in [0, 0.1) is 13.8 Å². The van der Waals surface area contributed by atoms with Crippen LogP contribution in [0.2, 0.25) is 0 Å². The third-order valence-corrected chi connectivity index (χ3v) is 5.11. The van der Waals surface area contributed by atoms with Crippen molar-refractivity contribution >= 4 is 17.5 Å². The minimum Gasteiger partial charge on any atom is -0.497 e. The lowest BCUT2D eigenvalue weighted by atomic mass is 10.1. The second-order valence-corrected chi connectivity index (χ2v) is 7.34. The number of ether oxygens (including phenoxy) is 3. The van der Waals surface area contributed by atoms with Crippen LogP contribution >= 0.6 is 11.8 Å². The molecule has 0 unspecified atom stereocenters. The van der Waals surface area contributed by atoms with Crippen molar-refractivity contribution < 1.29 is 19.0 Å². The van der Waals surface area contributed by atoms with Crippen LogP contribution in [0.1, 0.15) is 27.3 Å². The van der Waals surface area contributed by atoms with E-state index in [-0.39, 0.29) is 18.1 Å². The number of aromatic amines is 1. The first-order valence-corrected chi connectivity index (χ1v) is 9.98. The Morgan fingerprint density at radius 1 is 1.07 bits per heavy atom. The Hall–Kier alpha value is -3.00. The fraction of sp³-hybridized carbons (Fsp3) is 0.286. The van der Waals surface area contributed by atoms with E-state index in [4.69, 9.17) is 14.2 Å². The van der Waals surface area contributed by atoms with Gasteiger partial charge >= 0.3 is 0 Å². The first kappa shape index (κ1) is 20.7. The van der Waals surface area contributed by atoms with Gasteiger partial charge in [0.1, 0.15) is 23.9 Å². The van der Waals surface area contributed by atoms with E-state index in [0.717, 1.165) is 16.9 Å². The summed E-state index contributed by atoms with van der Waals surface area (Å²) in [5, 5.41) is 7.49. The molecule has 1 heterocycles. The summed E-state index contributed by atoms with van der Waals surface area (Å²) in [6.07, 6.45) is 0. The van der Waals surface area contributed by atoms with Crippen molar-refractivity contribution in [1.82, 2.24) is 15.2 Å². The summed E-state index contributed by atoms with van der Waals surface area (Å²) in [5.41, 5.74) is 2.69. The summed E-state index contributed by atoms with van der Waals surface area (Å²) in [5.74, 6) is 2.64. The number of rotatable bonds is 9. The molecule has 0 bridgehead atoms. The quantitative estimate of drug-likeness (QED) is 0.419. The van der Waals surface area contributed by atoms with Crippen LogP contribution in [0.15, 0.2) is 41.6 Å². The zero-order valence-corrected chi connectivity index (χ0v) is 17.6. The standard InChI is InChI=1S/C21H23N3O4S/c1-13-5-6-14(2)18(9-13)28-11-20-22-21(24-23-20)29-12-17(25)16-8-7-15(26-3)10-19(16)27-4/h5-10H,11-12H2,1-4H3,(H,22,23,24). The topological polar surface area (TPSA) is 86.3 Å². The predicted molar refractivity (Wildman–Crippen MR) is 111 cm³/mol. The highest BCUT2D eigenvalue weighted by Gasteiger charge is 2.15. The number of Topliss-reactive ketones (excluding diaryl/α,β-unsaturated/α-hetero) is 1. The van der Waals surface area contributed by atoms with Crippen LogP contribution in [0.3, 0.4) is 0 Å². The summed E-state index contributed by atoms with van der Waals surface area (Å²) in [6, 6.07) is 11.2. The van der Waals surface area contributed by atoms with Gasteiger partial charge in [-0.1, -0.05) is 23.9 Å². The van der Waals surface area contributed by atoms with Crippen LogP contribution in [-0.2, 0) is 6.61 Å². The van der Waals surface area contributed by atoms with Crippen molar-refractivity contribution in [2.45, 2.75) is 25.6 Å². The first-order valence-electron chi connectivity index (χ1n) is 8.99. The van der Waals surface area contributed by atoms with Crippen LogP contribution < -0.4 is 14.2 Å². The van der Waals surface area contributed by atoms with Gasteiger partial charge in [0.15, 0.2) is 11.6 Å². The summed E-state index contributed by atoms with van der Waals surface area (Å²) in [6.45, 7) is 4.29. The average molecular weight is 413 g/mol. The van der Waals surface area contributed by atoms with Gasteiger partial charge in [-0.25, -0.2) is 4.98 Å². The molecule has 3 rings (SSSR count). The normalized spacial score (nSPS) is 10.6. The second kappa shape index (κ2) is 9.47. The largest absolute Gasteiger partial charge is 0.497 e. The van der Waals surface area contributed by atoms with Gasteiger partial charge in [-0.2, -0.15) is 0 Å². The minimum atomic E-state index is -0.0764. The summed E-state index contributed by atoms with van der Waals surface area (Å²) in [4.78, 5) is 16.9. The lowest BCUT2D eigenvalue weighted by Crippen LogP contribution is -2.05. The number of nitrogens with zero attached hydrogens (tertiary/aromatic N) is 2. The average Bonchev–Trinajstić information content (AvgIpc) is 3.20. The Morgan fingerprint density at radius 2 is 1.90 bits per heavy atom. The third-order valence-electron chi connectivity index (χ3n) is 4.26. The molecule has 8 heteroatoms. The molecule has 0 spiro atoms. The molecule has 2 aromatic carbocycles. The molecule has 7 nitrogen and oxygen atoms in total. The maximum atomic E-state index is 12.6. The zero-order chi connectivity index (χ0) is 20.8. The summed E-state index contributed by atoms with van der Waals surface area (Å²) in [7, 11) is 3.09. The molecule has 0 saturated carbocycles. The minimum absolute atomic E-state index is 0.0764. The molecule has 29 heavy (non-hydrogen) atoms. The molecular formula is C21H23N3O4S. The Labute approximate surface area is 173 Å². The number of aryl methyl sites for hydroxylation is 2. The molecule has 152 valence electrons. The van der Waals surface area contributed by atoms with Gasteiger partial charge in [-0.15, -0.1) is 5.10 Å². The second-order valence-electron chi connectivity index (χ2n) is 6.40. The molecule has 1 N–H and O–H groups in total. The Morgan fingerprint density at radius 3 is 2.66 bits per heavy atom. The number of carbonyl (C=O) groups excluding carboxylic acids is 1. The molecule has 0 atom stereocenters. The molecule has 0 saturated heterocycles. The zero-order valence-electron chi connectivity index (χ0n) is 16.8. The number of H-pyrrole nitrogens is 1. The van der Waals surface area contributed by atoms with Crippen molar-refractivity contribution in [3.8, 4) is 17.2 Å². The van der Waals surface area contributed by atoms with Crippen LogP contribution in [0.4, 0.5) is 0 Å². The number of thioether (sulfide) groups is 1. The van der Waals surface area contributed by atoms with Gasteiger partial charge in [-0.3, -0.25) is 9.89 Å². The molecule has 3 aromatic rings. The summed E-state index contributed by atoms with van der Waals surface area (Å²) >= 11 is 1.26. The number of nitrogens with one attached hydrogen (secondary N) is 1. The monoisotopic (exact) mass is 413 g/mol. The lowest BCUT2D eigenvalue weighted by Gasteiger charge is -2.09. The van der Waals surface area contributed by atoms with E-state index >= 15 is 0 Å². The van der Waals surface area contributed by atoms with E-state index in [9.17, 15) is 4.79 Å². The molecule has 1 aromatic heterocycles. The van der Waals surface area contributed by atoms with Crippen molar-refractivity contribution in [2.75, 3.05) is 20.0 Å². The maximum absolute atomic E-state index is 12.6. The molecule has 0 radical (unpaired) electrons. The van der Waals surface area contributed by atoms with Gasteiger partial charge in [-0.05, 0) is 43.2 Å². The van der Waals surface area contributed by atoms with E-state index < -0.39 is 0 Å². The fourth-order valence-corrected chi connectivity index (χ4v) is 3.35. The Bertz CT molecular complexity index is 1000. The van der Waals surface area contributed by atoms with Crippen molar-refractivity contribution in [3.63, 3.8) is 0 Å². The number of carbonyl (C=O) groups is 1. The van der Waals surface area contributed by atoms with E-state index in [0.29, 0.717) is 28.0 Å². The van der Waals surface area contributed by atoms with Crippen LogP contribution in [0.5, 0.6) is 17.2 Å². The van der Waals surface area contributed by atoms with Crippen molar-refractivity contribution in [1.29, 1.82) is 0 Å². The highest BCUT2D eigenvalue weighted by Crippen LogP contribution is 2.27. The van der Waals surface area contributed by atoms with Gasteiger partial charge in [0, 0.05) is 6.07 Å². The van der Waals surface area contributed by atoms with Crippen LogP contribution in [0.25, 0.3) is 0 Å². The maximum Gasteiger partial charge on any atom is 0.208 e. The van der Waals surface area contributed by atoms with E-state index in [1.807, 2.05) is 32.0 Å².